The smallest absolute Gasteiger partial charge is 0.461 e. The highest BCUT2D eigenvalue weighted by Gasteiger charge is 2.20. The molecule has 2 atom stereocenters. The number of ether oxygens (including phenoxy) is 5. The third-order valence-corrected chi connectivity index (χ3v) is 3.46. The van der Waals surface area contributed by atoms with E-state index in [0.29, 0.717) is 12.0 Å². The molecule has 0 amide bonds. The van der Waals surface area contributed by atoms with Crippen molar-refractivity contribution in [1.82, 2.24) is 0 Å². The van der Waals surface area contributed by atoms with Gasteiger partial charge in [0, 0.05) is 13.8 Å². The van der Waals surface area contributed by atoms with Crippen molar-refractivity contribution < 1.29 is 42.9 Å². The van der Waals surface area contributed by atoms with Crippen LogP contribution < -0.4 is 15.2 Å². The molecule has 0 saturated heterocycles. The van der Waals surface area contributed by atoms with Crippen LogP contribution in [0.4, 0.5) is 4.79 Å². The Morgan fingerprint density at radius 3 is 2.23 bits per heavy atom. The van der Waals surface area contributed by atoms with Crippen molar-refractivity contribution in [2.75, 3.05) is 13.2 Å². The lowest BCUT2D eigenvalue weighted by atomic mass is 10.1. The Kier molecular flexibility index (Phi) is 10.3. The normalized spacial score (nSPS) is 12.3. The van der Waals surface area contributed by atoms with Gasteiger partial charge in [-0.25, -0.2) is 4.79 Å². The summed E-state index contributed by atoms with van der Waals surface area (Å²) in [6.45, 7) is 5.86. The maximum Gasteiger partial charge on any atom is 0.508 e. The highest BCUT2D eigenvalue weighted by atomic mass is 16.7. The number of rotatable bonds is 10. The van der Waals surface area contributed by atoms with Crippen molar-refractivity contribution in [3.05, 3.63) is 23.8 Å². The summed E-state index contributed by atoms with van der Waals surface area (Å²) in [5.74, 6) is -1.78. The molecule has 2 N–H and O–H groups in total. The molecule has 0 bridgehead atoms. The van der Waals surface area contributed by atoms with Crippen LogP contribution in [0.2, 0.25) is 0 Å². The second-order valence-electron chi connectivity index (χ2n) is 6.44. The Morgan fingerprint density at radius 2 is 1.63 bits per heavy atom. The second kappa shape index (κ2) is 12.4. The van der Waals surface area contributed by atoms with Gasteiger partial charge in [0.15, 0.2) is 11.5 Å². The standard InChI is InChI=1S/C20H27NO9/c1-5-8-26-20(25)28-12(2)11-27-19(24)16(21)9-15-6-7-17(29-13(3)22)18(10-15)30-14(4)23/h6-7,10,12,16H,5,8-9,11,21H2,1-4H3/t12-,16-/m0/s1. The fourth-order valence-electron chi connectivity index (χ4n) is 2.21. The van der Waals surface area contributed by atoms with Crippen LogP contribution >= 0.6 is 0 Å². The first-order valence-corrected chi connectivity index (χ1v) is 9.37. The Hall–Kier alpha value is -3.14. The largest absolute Gasteiger partial charge is 0.508 e. The van der Waals surface area contributed by atoms with Gasteiger partial charge in [-0.3, -0.25) is 14.4 Å². The molecule has 0 saturated carbocycles. The topological polar surface area (TPSA) is 140 Å². The van der Waals surface area contributed by atoms with Crippen molar-refractivity contribution in [2.24, 2.45) is 5.73 Å². The minimum Gasteiger partial charge on any atom is -0.461 e. The van der Waals surface area contributed by atoms with Crippen molar-refractivity contribution in [2.45, 2.75) is 52.7 Å². The number of hydrogen-bond acceptors (Lipinski definition) is 10. The van der Waals surface area contributed by atoms with E-state index >= 15 is 0 Å². The molecule has 0 spiro atoms. The molecule has 30 heavy (non-hydrogen) atoms. The van der Waals surface area contributed by atoms with Gasteiger partial charge in [0.2, 0.25) is 0 Å². The summed E-state index contributed by atoms with van der Waals surface area (Å²) in [6.07, 6.45) is -0.810. The molecule has 0 heterocycles. The zero-order valence-corrected chi connectivity index (χ0v) is 17.5. The summed E-state index contributed by atoms with van der Waals surface area (Å²) < 4.78 is 24.8. The number of hydrogen-bond donors (Lipinski definition) is 1. The molecule has 10 heteroatoms. The second-order valence-corrected chi connectivity index (χ2v) is 6.44. The van der Waals surface area contributed by atoms with Gasteiger partial charge in [-0.05, 0) is 37.5 Å². The molecular formula is C20H27NO9. The Bertz CT molecular complexity index is 763. The van der Waals surface area contributed by atoms with Crippen LogP contribution in [-0.2, 0) is 35.0 Å². The van der Waals surface area contributed by atoms with E-state index in [4.69, 9.17) is 29.4 Å². The van der Waals surface area contributed by atoms with E-state index in [1.54, 1.807) is 13.0 Å². The van der Waals surface area contributed by atoms with E-state index in [0.717, 1.165) is 0 Å². The van der Waals surface area contributed by atoms with Crippen molar-refractivity contribution in [1.29, 1.82) is 0 Å². The molecule has 10 nitrogen and oxygen atoms in total. The van der Waals surface area contributed by atoms with Crippen molar-refractivity contribution in [3.8, 4) is 11.5 Å². The summed E-state index contributed by atoms with van der Waals surface area (Å²) in [7, 11) is 0. The molecule has 0 aliphatic heterocycles. The quantitative estimate of drug-likeness (QED) is 0.436. The Labute approximate surface area is 174 Å². The van der Waals surface area contributed by atoms with Gasteiger partial charge in [0.25, 0.3) is 0 Å². The first-order valence-electron chi connectivity index (χ1n) is 9.37. The number of esters is 3. The molecule has 1 aromatic carbocycles. The van der Waals surface area contributed by atoms with E-state index < -0.39 is 36.2 Å². The fourth-order valence-corrected chi connectivity index (χ4v) is 2.21. The van der Waals surface area contributed by atoms with Crippen LogP contribution in [0.5, 0.6) is 11.5 Å². The summed E-state index contributed by atoms with van der Waals surface area (Å²) in [4.78, 5) is 45.9. The molecule has 1 rings (SSSR count). The van der Waals surface area contributed by atoms with Gasteiger partial charge >= 0.3 is 24.1 Å². The molecule has 0 unspecified atom stereocenters. The number of benzene rings is 1. The zero-order valence-electron chi connectivity index (χ0n) is 17.5. The molecule has 0 aromatic heterocycles. The molecule has 0 aliphatic rings. The van der Waals surface area contributed by atoms with E-state index in [1.165, 1.54) is 26.0 Å². The SMILES string of the molecule is CCCOC(=O)O[C@@H](C)COC(=O)[C@@H](N)Cc1ccc(OC(C)=O)c(OC(C)=O)c1. The number of carbonyl (C=O) groups excluding carboxylic acids is 4. The van der Waals surface area contributed by atoms with E-state index in [1.807, 2.05) is 6.92 Å². The van der Waals surface area contributed by atoms with Crippen molar-refractivity contribution in [3.63, 3.8) is 0 Å². The maximum absolute atomic E-state index is 12.1. The van der Waals surface area contributed by atoms with Crippen LogP contribution in [0.3, 0.4) is 0 Å². The van der Waals surface area contributed by atoms with Crippen LogP contribution in [-0.4, -0.2) is 49.4 Å². The van der Waals surface area contributed by atoms with Crippen LogP contribution in [0.1, 0.15) is 39.7 Å². The summed E-state index contributed by atoms with van der Waals surface area (Å²) in [6, 6.07) is 3.44. The maximum atomic E-state index is 12.1. The van der Waals surface area contributed by atoms with Crippen LogP contribution in [0.15, 0.2) is 18.2 Å². The van der Waals surface area contributed by atoms with Gasteiger partial charge in [0.05, 0.1) is 6.61 Å². The number of nitrogens with two attached hydrogens (primary N) is 1. The van der Waals surface area contributed by atoms with Crippen LogP contribution in [0, 0.1) is 0 Å². The first-order chi connectivity index (χ1) is 14.1. The van der Waals surface area contributed by atoms with Gasteiger partial charge in [-0.1, -0.05) is 13.0 Å². The lowest BCUT2D eigenvalue weighted by Gasteiger charge is -2.16. The van der Waals surface area contributed by atoms with Crippen molar-refractivity contribution >= 4 is 24.1 Å². The van der Waals surface area contributed by atoms with Gasteiger partial charge < -0.3 is 29.4 Å². The summed E-state index contributed by atoms with van der Waals surface area (Å²) >= 11 is 0. The molecule has 0 fully saturated rings. The molecular weight excluding hydrogens is 398 g/mol. The predicted molar refractivity (Wildman–Crippen MR) is 104 cm³/mol. The predicted octanol–water partition coefficient (Wildman–Crippen LogP) is 1.90. The third-order valence-electron chi connectivity index (χ3n) is 3.46. The summed E-state index contributed by atoms with van der Waals surface area (Å²) in [5.41, 5.74) is 6.43. The average molecular weight is 425 g/mol. The van der Waals surface area contributed by atoms with E-state index in [2.05, 4.69) is 0 Å². The Morgan fingerprint density at radius 1 is 1.00 bits per heavy atom. The highest BCUT2D eigenvalue weighted by molar-refractivity contribution is 5.76. The highest BCUT2D eigenvalue weighted by Crippen LogP contribution is 2.29. The average Bonchev–Trinajstić information content (AvgIpc) is 2.65. The number of carbonyl (C=O) groups is 4. The van der Waals surface area contributed by atoms with Gasteiger partial charge in [-0.2, -0.15) is 0 Å². The first kappa shape index (κ1) is 24.9. The summed E-state index contributed by atoms with van der Waals surface area (Å²) in [5, 5.41) is 0. The molecule has 0 aliphatic carbocycles. The molecule has 0 radical (unpaired) electrons. The van der Waals surface area contributed by atoms with Gasteiger partial charge in [0.1, 0.15) is 18.8 Å². The lowest BCUT2D eigenvalue weighted by molar-refractivity contribution is -0.148. The lowest BCUT2D eigenvalue weighted by Crippen LogP contribution is -2.36. The monoisotopic (exact) mass is 425 g/mol. The third kappa shape index (κ3) is 9.37. The Balaban J connectivity index is 2.64. The molecule has 1 aromatic rings. The minimum absolute atomic E-state index is 0.0309. The fraction of sp³-hybridized carbons (Fsp3) is 0.500. The van der Waals surface area contributed by atoms with E-state index in [-0.39, 0.29) is 31.1 Å². The van der Waals surface area contributed by atoms with Gasteiger partial charge in [-0.15, -0.1) is 0 Å². The zero-order chi connectivity index (χ0) is 22.7. The van der Waals surface area contributed by atoms with Crippen LogP contribution in [0.25, 0.3) is 0 Å². The minimum atomic E-state index is -1.02. The van der Waals surface area contributed by atoms with E-state index in [9.17, 15) is 19.2 Å². The molecule has 166 valence electrons.